The van der Waals surface area contributed by atoms with E-state index in [-0.39, 0.29) is 12.5 Å². The molecule has 0 unspecified atom stereocenters. The van der Waals surface area contributed by atoms with Crippen LogP contribution >= 0.6 is 0 Å². The van der Waals surface area contributed by atoms with E-state index in [0.29, 0.717) is 18.5 Å². The van der Waals surface area contributed by atoms with Gasteiger partial charge in [0.1, 0.15) is 0 Å². The van der Waals surface area contributed by atoms with Crippen LogP contribution < -0.4 is 10.6 Å². The maximum absolute atomic E-state index is 11.7. The van der Waals surface area contributed by atoms with Gasteiger partial charge in [-0.15, -0.1) is 0 Å². The number of rotatable bonds is 5. The maximum Gasteiger partial charge on any atom is 0.241 e. The molecule has 0 heterocycles. The highest BCUT2D eigenvalue weighted by Crippen LogP contribution is 2.09. The summed E-state index contributed by atoms with van der Waals surface area (Å²) in [6.45, 7) is 0.834. The predicted molar refractivity (Wildman–Crippen MR) is 89.6 cm³/mol. The van der Waals surface area contributed by atoms with E-state index >= 15 is 0 Å². The number of aliphatic imine (C=N–C) groups is 1. The van der Waals surface area contributed by atoms with Crippen molar-refractivity contribution in [3.8, 4) is 0 Å². The van der Waals surface area contributed by atoms with Crippen LogP contribution in [0.4, 0.5) is 0 Å². The van der Waals surface area contributed by atoms with Crippen LogP contribution in [0.15, 0.2) is 47.5 Å². The van der Waals surface area contributed by atoms with Crippen molar-refractivity contribution in [1.82, 2.24) is 15.5 Å². The van der Waals surface area contributed by atoms with E-state index in [1.54, 1.807) is 19.0 Å². The minimum atomic E-state index is 0.0266. The SMILES string of the molecule is CN(C)C(=O)CNC(=NCc1ccccc1)NC1CC=CC1. The lowest BCUT2D eigenvalue weighted by molar-refractivity contribution is -0.127. The van der Waals surface area contributed by atoms with Gasteiger partial charge in [-0.3, -0.25) is 4.79 Å². The topological polar surface area (TPSA) is 56.7 Å². The van der Waals surface area contributed by atoms with Gasteiger partial charge in [-0.1, -0.05) is 42.5 Å². The van der Waals surface area contributed by atoms with Crippen molar-refractivity contribution in [2.45, 2.75) is 25.4 Å². The van der Waals surface area contributed by atoms with Gasteiger partial charge in [0.2, 0.25) is 5.91 Å². The third-order valence-electron chi connectivity index (χ3n) is 3.52. The van der Waals surface area contributed by atoms with Gasteiger partial charge in [-0.2, -0.15) is 0 Å². The van der Waals surface area contributed by atoms with E-state index in [4.69, 9.17) is 0 Å². The summed E-state index contributed by atoms with van der Waals surface area (Å²) < 4.78 is 0. The molecule has 0 fully saturated rings. The molecule has 0 atom stereocenters. The summed E-state index contributed by atoms with van der Waals surface area (Å²) in [4.78, 5) is 17.9. The van der Waals surface area contributed by atoms with Crippen molar-refractivity contribution in [1.29, 1.82) is 0 Å². The Kier molecular flexibility index (Phi) is 6.01. The Labute approximate surface area is 132 Å². The van der Waals surface area contributed by atoms with E-state index in [1.165, 1.54) is 0 Å². The molecule has 1 amide bonds. The number of benzene rings is 1. The van der Waals surface area contributed by atoms with Crippen molar-refractivity contribution in [2.24, 2.45) is 4.99 Å². The number of likely N-dealkylation sites (N-methyl/N-ethyl adjacent to an activating group) is 1. The average molecular weight is 300 g/mol. The summed E-state index contributed by atoms with van der Waals surface area (Å²) >= 11 is 0. The maximum atomic E-state index is 11.7. The monoisotopic (exact) mass is 300 g/mol. The van der Waals surface area contributed by atoms with Gasteiger partial charge >= 0.3 is 0 Å². The fourth-order valence-corrected chi connectivity index (χ4v) is 2.15. The zero-order valence-electron chi connectivity index (χ0n) is 13.2. The number of carbonyl (C=O) groups is 1. The van der Waals surface area contributed by atoms with Crippen LogP contribution in [0.25, 0.3) is 0 Å². The van der Waals surface area contributed by atoms with Crippen LogP contribution in [0.3, 0.4) is 0 Å². The van der Waals surface area contributed by atoms with Gasteiger partial charge in [0, 0.05) is 20.1 Å². The number of carbonyl (C=O) groups excluding carboxylic acids is 1. The Morgan fingerprint density at radius 3 is 2.55 bits per heavy atom. The fraction of sp³-hybridized carbons (Fsp3) is 0.412. The smallest absolute Gasteiger partial charge is 0.241 e. The Morgan fingerprint density at radius 2 is 1.91 bits per heavy atom. The largest absolute Gasteiger partial charge is 0.353 e. The molecule has 1 aromatic carbocycles. The van der Waals surface area contributed by atoms with Crippen LogP contribution in [0.1, 0.15) is 18.4 Å². The molecule has 1 aliphatic rings. The molecular weight excluding hydrogens is 276 g/mol. The first-order chi connectivity index (χ1) is 10.6. The van der Waals surface area contributed by atoms with Crippen LogP contribution in [0.5, 0.6) is 0 Å². The fourth-order valence-electron chi connectivity index (χ4n) is 2.15. The third-order valence-corrected chi connectivity index (χ3v) is 3.52. The first-order valence-corrected chi connectivity index (χ1v) is 7.59. The highest BCUT2D eigenvalue weighted by Gasteiger charge is 2.13. The number of nitrogens with zero attached hydrogens (tertiary/aromatic N) is 2. The molecule has 2 N–H and O–H groups in total. The molecule has 1 aromatic rings. The molecule has 22 heavy (non-hydrogen) atoms. The molecule has 0 spiro atoms. The van der Waals surface area contributed by atoms with Gasteiger partial charge in [-0.25, -0.2) is 4.99 Å². The van der Waals surface area contributed by atoms with E-state index in [1.807, 2.05) is 30.3 Å². The van der Waals surface area contributed by atoms with Gasteiger partial charge in [-0.05, 0) is 18.4 Å². The second-order valence-electron chi connectivity index (χ2n) is 5.58. The second kappa shape index (κ2) is 8.22. The van der Waals surface area contributed by atoms with Crippen molar-refractivity contribution < 1.29 is 4.79 Å². The van der Waals surface area contributed by atoms with E-state index in [2.05, 4.69) is 27.8 Å². The molecular formula is C17H24N4O. The van der Waals surface area contributed by atoms with Crippen molar-refractivity contribution in [3.63, 3.8) is 0 Å². The number of amides is 1. The zero-order valence-corrected chi connectivity index (χ0v) is 13.2. The lowest BCUT2D eigenvalue weighted by Gasteiger charge is -2.18. The van der Waals surface area contributed by atoms with Crippen LogP contribution in [-0.4, -0.2) is 43.4 Å². The minimum absolute atomic E-state index is 0.0266. The van der Waals surface area contributed by atoms with Gasteiger partial charge in [0.15, 0.2) is 5.96 Å². The van der Waals surface area contributed by atoms with Gasteiger partial charge in [0.25, 0.3) is 0 Å². The number of nitrogens with one attached hydrogen (secondary N) is 2. The summed E-state index contributed by atoms with van der Waals surface area (Å²) in [6.07, 6.45) is 6.32. The summed E-state index contributed by atoms with van der Waals surface area (Å²) in [5.41, 5.74) is 1.15. The molecule has 2 rings (SSSR count). The Hall–Kier alpha value is -2.30. The molecule has 0 saturated heterocycles. The highest BCUT2D eigenvalue weighted by molar-refractivity contribution is 5.86. The molecule has 5 nitrogen and oxygen atoms in total. The summed E-state index contributed by atoms with van der Waals surface area (Å²) in [6, 6.07) is 10.4. The molecule has 118 valence electrons. The molecule has 0 bridgehead atoms. The minimum Gasteiger partial charge on any atom is -0.353 e. The van der Waals surface area contributed by atoms with Crippen molar-refractivity contribution in [2.75, 3.05) is 20.6 Å². The Balaban J connectivity index is 1.95. The van der Waals surface area contributed by atoms with E-state index < -0.39 is 0 Å². The standard InChI is InChI=1S/C17H24N4O/c1-21(2)16(22)13-19-17(20-15-10-6-7-11-15)18-12-14-8-4-3-5-9-14/h3-9,15H,10-13H2,1-2H3,(H2,18,19,20). The van der Waals surface area contributed by atoms with Gasteiger partial charge < -0.3 is 15.5 Å². The van der Waals surface area contributed by atoms with E-state index in [0.717, 1.165) is 18.4 Å². The zero-order chi connectivity index (χ0) is 15.8. The molecule has 1 aliphatic carbocycles. The Morgan fingerprint density at radius 1 is 1.23 bits per heavy atom. The van der Waals surface area contributed by atoms with Crippen molar-refractivity contribution >= 4 is 11.9 Å². The quantitative estimate of drug-likeness (QED) is 0.492. The predicted octanol–water partition coefficient (Wildman–Crippen LogP) is 1.53. The molecule has 5 heteroatoms. The average Bonchev–Trinajstić information content (AvgIpc) is 3.03. The Bertz CT molecular complexity index is 529. The lowest BCUT2D eigenvalue weighted by atomic mass is 10.2. The van der Waals surface area contributed by atoms with Crippen molar-refractivity contribution in [3.05, 3.63) is 48.0 Å². The summed E-state index contributed by atoms with van der Waals surface area (Å²) in [5, 5.41) is 6.50. The molecule has 0 aliphatic heterocycles. The lowest BCUT2D eigenvalue weighted by Crippen LogP contribution is -2.46. The van der Waals surface area contributed by atoms with Crippen LogP contribution in [0.2, 0.25) is 0 Å². The molecule has 0 aromatic heterocycles. The molecule has 0 saturated carbocycles. The second-order valence-corrected chi connectivity index (χ2v) is 5.58. The van der Waals surface area contributed by atoms with Gasteiger partial charge in [0.05, 0.1) is 13.1 Å². The number of hydrogen-bond donors (Lipinski definition) is 2. The highest BCUT2D eigenvalue weighted by atomic mass is 16.2. The first-order valence-electron chi connectivity index (χ1n) is 7.59. The van der Waals surface area contributed by atoms with Crippen LogP contribution in [0, 0.1) is 0 Å². The van der Waals surface area contributed by atoms with Crippen LogP contribution in [-0.2, 0) is 11.3 Å². The normalized spacial score (nSPS) is 14.9. The number of hydrogen-bond acceptors (Lipinski definition) is 2. The van der Waals surface area contributed by atoms with E-state index in [9.17, 15) is 4.79 Å². The summed E-state index contributed by atoms with van der Waals surface area (Å²) in [5.74, 6) is 0.714. The summed E-state index contributed by atoms with van der Waals surface area (Å²) in [7, 11) is 3.50. The third kappa shape index (κ3) is 5.24. The number of guanidine groups is 1. The first kappa shape index (κ1) is 16.1. The molecule has 0 radical (unpaired) electrons.